The van der Waals surface area contributed by atoms with Crippen LogP contribution in [0.5, 0.6) is 0 Å². The van der Waals surface area contributed by atoms with Gasteiger partial charge in [-0.05, 0) is 68.5 Å². The van der Waals surface area contributed by atoms with E-state index >= 15 is 0 Å². The Hall–Kier alpha value is -2.55. The first kappa shape index (κ1) is 25.1. The molecular formula is C27H30ClN3O4S. The molecule has 36 heavy (non-hydrogen) atoms. The van der Waals surface area contributed by atoms with Crippen molar-refractivity contribution in [2.24, 2.45) is 11.8 Å². The quantitative estimate of drug-likeness (QED) is 0.425. The van der Waals surface area contributed by atoms with Gasteiger partial charge in [0.05, 0.1) is 16.6 Å². The van der Waals surface area contributed by atoms with Crippen molar-refractivity contribution in [2.45, 2.75) is 48.1 Å². The fraction of sp³-hybridized carbons (Fsp3) is 0.444. The first-order chi connectivity index (χ1) is 17.4. The molecule has 3 fully saturated rings. The first-order valence-electron chi connectivity index (χ1n) is 12.5. The number of thioether (sulfide) groups is 1. The van der Waals surface area contributed by atoms with Crippen molar-refractivity contribution in [2.75, 3.05) is 23.8 Å². The lowest BCUT2D eigenvalue weighted by Gasteiger charge is -2.34. The number of nitrogens with zero attached hydrogens (tertiary/aromatic N) is 1. The number of carbonyl (C=O) groups is 3. The van der Waals surface area contributed by atoms with Crippen LogP contribution in [0.15, 0.2) is 54.6 Å². The summed E-state index contributed by atoms with van der Waals surface area (Å²) < 4.78 is -0.631. The molecule has 0 radical (unpaired) electrons. The number of carbonyl (C=O) groups excluding carboxylic acids is 3. The number of anilines is 2. The van der Waals surface area contributed by atoms with Crippen molar-refractivity contribution in [3.8, 4) is 0 Å². The Labute approximate surface area is 220 Å². The van der Waals surface area contributed by atoms with E-state index in [9.17, 15) is 14.4 Å². The molecule has 0 saturated carbocycles. The molecule has 3 amide bonds. The minimum Gasteiger partial charge on any atom is -0.396 e. The Morgan fingerprint density at radius 2 is 1.69 bits per heavy atom. The Morgan fingerprint density at radius 3 is 2.42 bits per heavy atom. The number of nitrogens with one attached hydrogen (secondary N) is 2. The molecule has 2 aromatic carbocycles. The van der Waals surface area contributed by atoms with Crippen LogP contribution in [0.1, 0.15) is 32.1 Å². The number of hydrogen-bond donors (Lipinski definition) is 3. The van der Waals surface area contributed by atoms with Gasteiger partial charge in [0.25, 0.3) is 0 Å². The second kappa shape index (κ2) is 10.4. The third kappa shape index (κ3) is 4.51. The fourth-order valence-corrected chi connectivity index (χ4v) is 8.40. The molecule has 0 aromatic heterocycles. The van der Waals surface area contributed by atoms with Gasteiger partial charge in [-0.3, -0.25) is 14.4 Å². The SMILES string of the molecule is O=C(Nc1ccc(Cl)cc1)C1N(CCCCCO)C(=O)[C@@H]2[C@H](C(=O)Nc3ccccc3)[C@@H]3CCC12S3. The number of aliphatic hydroxyl groups excluding tert-OH is 1. The van der Waals surface area contributed by atoms with Crippen LogP contribution in [0, 0.1) is 11.8 Å². The van der Waals surface area contributed by atoms with E-state index in [-0.39, 0.29) is 29.6 Å². The molecule has 7 nitrogen and oxygen atoms in total. The van der Waals surface area contributed by atoms with Gasteiger partial charge in [0.2, 0.25) is 17.7 Å². The molecule has 5 rings (SSSR count). The highest BCUT2D eigenvalue weighted by molar-refractivity contribution is 8.02. The van der Waals surface area contributed by atoms with E-state index < -0.39 is 22.6 Å². The minimum absolute atomic E-state index is 0.00466. The van der Waals surface area contributed by atoms with E-state index in [0.717, 1.165) is 19.3 Å². The zero-order chi connectivity index (χ0) is 25.3. The Bertz CT molecular complexity index is 1130. The average Bonchev–Trinajstić information content (AvgIpc) is 3.51. The summed E-state index contributed by atoms with van der Waals surface area (Å²) in [5, 5.41) is 15.7. The van der Waals surface area contributed by atoms with Crippen LogP contribution in [0.4, 0.5) is 11.4 Å². The van der Waals surface area contributed by atoms with Crippen molar-refractivity contribution in [1.29, 1.82) is 0 Å². The number of rotatable bonds is 9. The maximum Gasteiger partial charge on any atom is 0.248 e. The summed E-state index contributed by atoms with van der Waals surface area (Å²) in [6, 6.07) is 15.5. The van der Waals surface area contributed by atoms with E-state index in [2.05, 4.69) is 10.6 Å². The third-order valence-corrected chi connectivity index (χ3v) is 9.77. The van der Waals surface area contributed by atoms with E-state index in [4.69, 9.17) is 16.7 Å². The van der Waals surface area contributed by atoms with Crippen LogP contribution in [-0.2, 0) is 14.4 Å². The summed E-state index contributed by atoms with van der Waals surface area (Å²) in [6.45, 7) is 0.522. The van der Waals surface area contributed by atoms with Gasteiger partial charge in [-0.2, -0.15) is 0 Å². The zero-order valence-electron chi connectivity index (χ0n) is 19.9. The Balaban J connectivity index is 1.43. The predicted molar refractivity (Wildman–Crippen MR) is 142 cm³/mol. The highest BCUT2D eigenvalue weighted by atomic mass is 35.5. The second-order valence-electron chi connectivity index (χ2n) is 9.72. The molecule has 2 unspecified atom stereocenters. The van der Waals surface area contributed by atoms with Gasteiger partial charge in [0, 0.05) is 34.8 Å². The lowest BCUT2D eigenvalue weighted by molar-refractivity contribution is -0.138. The third-order valence-electron chi connectivity index (χ3n) is 7.56. The number of likely N-dealkylation sites (tertiary alicyclic amines) is 1. The molecule has 3 N–H and O–H groups in total. The van der Waals surface area contributed by atoms with Gasteiger partial charge in [-0.1, -0.05) is 29.8 Å². The summed E-state index contributed by atoms with van der Waals surface area (Å²) in [6.07, 6.45) is 3.62. The fourth-order valence-electron chi connectivity index (χ4n) is 6.06. The van der Waals surface area contributed by atoms with Gasteiger partial charge >= 0.3 is 0 Å². The van der Waals surface area contributed by atoms with Crippen LogP contribution >= 0.6 is 23.4 Å². The van der Waals surface area contributed by atoms with Gasteiger partial charge in [0.1, 0.15) is 6.04 Å². The van der Waals surface area contributed by atoms with Gasteiger partial charge in [-0.25, -0.2) is 0 Å². The van der Waals surface area contributed by atoms with Crippen LogP contribution in [0.3, 0.4) is 0 Å². The molecule has 1 spiro atoms. The molecular weight excluding hydrogens is 498 g/mol. The van der Waals surface area contributed by atoms with Crippen LogP contribution in [0.25, 0.3) is 0 Å². The summed E-state index contributed by atoms with van der Waals surface area (Å²) in [5.74, 6) is -1.52. The number of halogens is 1. The highest BCUT2D eigenvalue weighted by Gasteiger charge is 2.73. The van der Waals surface area contributed by atoms with Gasteiger partial charge in [0.15, 0.2) is 0 Å². The van der Waals surface area contributed by atoms with Crippen molar-refractivity contribution < 1.29 is 19.5 Å². The molecule has 190 valence electrons. The molecule has 3 aliphatic heterocycles. The summed E-state index contributed by atoms with van der Waals surface area (Å²) >= 11 is 7.65. The Morgan fingerprint density at radius 1 is 1.00 bits per heavy atom. The number of hydrogen-bond acceptors (Lipinski definition) is 5. The normalized spacial score (nSPS) is 28.3. The van der Waals surface area contributed by atoms with Gasteiger partial charge < -0.3 is 20.6 Å². The minimum atomic E-state index is -0.663. The zero-order valence-corrected chi connectivity index (χ0v) is 21.4. The molecule has 3 aliphatic rings. The maximum absolute atomic E-state index is 13.9. The van der Waals surface area contributed by atoms with Crippen LogP contribution in [-0.4, -0.2) is 56.9 Å². The lowest BCUT2D eigenvalue weighted by Crippen LogP contribution is -2.51. The summed E-state index contributed by atoms with van der Waals surface area (Å²) in [7, 11) is 0. The topological polar surface area (TPSA) is 98.7 Å². The summed E-state index contributed by atoms with van der Waals surface area (Å²) in [4.78, 5) is 42.8. The van der Waals surface area contributed by atoms with Gasteiger partial charge in [-0.15, -0.1) is 11.8 Å². The van der Waals surface area contributed by atoms with E-state index in [1.165, 1.54) is 0 Å². The number of benzene rings is 2. The molecule has 9 heteroatoms. The molecule has 3 saturated heterocycles. The monoisotopic (exact) mass is 527 g/mol. The molecule has 0 aliphatic carbocycles. The molecule has 5 atom stereocenters. The first-order valence-corrected chi connectivity index (χ1v) is 13.7. The standard InChI is InChI=1S/C27H30ClN3O4S/c28-17-9-11-19(12-10-17)30-25(34)23-27-14-13-20(36-27)21(24(33)29-18-7-3-1-4-8-18)22(27)26(35)31(23)15-5-2-6-16-32/h1,3-4,7-12,20-23,32H,2,5-6,13-16H2,(H,29,33)(H,30,34)/t20-,21+,22-,23?,27?/m0/s1. The molecule has 2 bridgehead atoms. The van der Waals surface area contributed by atoms with Crippen molar-refractivity contribution in [1.82, 2.24) is 4.90 Å². The summed E-state index contributed by atoms with van der Waals surface area (Å²) in [5.41, 5.74) is 1.32. The van der Waals surface area contributed by atoms with Crippen LogP contribution < -0.4 is 10.6 Å². The average molecular weight is 528 g/mol. The van der Waals surface area contributed by atoms with E-state index in [1.807, 2.05) is 30.3 Å². The van der Waals surface area contributed by atoms with E-state index in [0.29, 0.717) is 35.8 Å². The number of unbranched alkanes of at least 4 members (excludes halogenated alkanes) is 2. The second-order valence-corrected chi connectivity index (χ2v) is 11.8. The van der Waals surface area contributed by atoms with Crippen molar-refractivity contribution in [3.05, 3.63) is 59.6 Å². The van der Waals surface area contributed by atoms with Crippen LogP contribution in [0.2, 0.25) is 5.02 Å². The number of fused-ring (bicyclic) bond motifs is 1. The number of para-hydroxylation sites is 1. The maximum atomic E-state index is 13.9. The highest BCUT2D eigenvalue weighted by Crippen LogP contribution is 2.66. The predicted octanol–water partition coefficient (Wildman–Crippen LogP) is 4.17. The smallest absolute Gasteiger partial charge is 0.248 e. The Kier molecular flexibility index (Phi) is 7.28. The molecule has 3 heterocycles. The molecule has 2 aromatic rings. The van der Waals surface area contributed by atoms with E-state index in [1.54, 1.807) is 40.9 Å². The number of aliphatic hydroxyl groups is 1. The van der Waals surface area contributed by atoms with Crippen molar-refractivity contribution in [3.63, 3.8) is 0 Å². The lowest BCUT2D eigenvalue weighted by atomic mass is 9.70. The number of amides is 3. The largest absolute Gasteiger partial charge is 0.396 e. The van der Waals surface area contributed by atoms with Crippen molar-refractivity contribution >= 4 is 52.5 Å².